The number of nitrogens with two attached hydrogens (primary N) is 1. The highest BCUT2D eigenvalue weighted by molar-refractivity contribution is 5.86. The quantitative estimate of drug-likeness (QED) is 0.734. The Morgan fingerprint density at radius 1 is 1.29 bits per heavy atom. The van der Waals surface area contributed by atoms with E-state index in [1.165, 1.54) is 0 Å². The maximum Gasteiger partial charge on any atom is 0.328 e. The summed E-state index contributed by atoms with van der Waals surface area (Å²) in [7, 11) is 0. The third kappa shape index (κ3) is 5.49. The summed E-state index contributed by atoms with van der Waals surface area (Å²) in [4.78, 5) is 24.7. The van der Waals surface area contributed by atoms with E-state index in [1.807, 2.05) is 30.3 Å². The maximum atomic E-state index is 12.5. The number of ether oxygens (including phenoxy) is 1. The van der Waals surface area contributed by atoms with Crippen molar-refractivity contribution >= 4 is 24.3 Å². The molecule has 2 rings (SSSR count). The predicted octanol–water partition coefficient (Wildman–Crippen LogP) is 2.07. The number of halogens is 1. The number of rotatable bonds is 7. The fourth-order valence-electron chi connectivity index (χ4n) is 3.23. The van der Waals surface area contributed by atoms with Crippen LogP contribution in [0, 0.1) is 11.8 Å². The fraction of sp³-hybridized carbons (Fsp3) is 0.556. The summed E-state index contributed by atoms with van der Waals surface area (Å²) < 4.78 is 5.11. The number of carbonyl (C=O) groups is 2. The Labute approximate surface area is 149 Å². The van der Waals surface area contributed by atoms with Gasteiger partial charge >= 0.3 is 5.97 Å². The molecule has 1 aromatic carbocycles. The van der Waals surface area contributed by atoms with Gasteiger partial charge in [-0.3, -0.25) is 4.79 Å². The van der Waals surface area contributed by atoms with Crippen molar-refractivity contribution < 1.29 is 14.3 Å². The first-order chi connectivity index (χ1) is 11.2. The van der Waals surface area contributed by atoms with E-state index in [1.54, 1.807) is 6.92 Å². The van der Waals surface area contributed by atoms with Crippen LogP contribution < -0.4 is 11.1 Å². The van der Waals surface area contributed by atoms with Gasteiger partial charge < -0.3 is 15.8 Å². The number of amides is 1. The van der Waals surface area contributed by atoms with Gasteiger partial charge in [0.05, 0.1) is 6.61 Å². The first kappa shape index (κ1) is 20.5. The normalized spacial score (nSPS) is 20.8. The van der Waals surface area contributed by atoms with Crippen molar-refractivity contribution in [3.63, 3.8) is 0 Å². The Kier molecular flexibility index (Phi) is 8.79. The lowest BCUT2D eigenvalue weighted by molar-refractivity contribution is -0.148. The second kappa shape index (κ2) is 10.3. The molecular weight excluding hydrogens is 328 g/mol. The van der Waals surface area contributed by atoms with Crippen LogP contribution in [0.5, 0.6) is 0 Å². The third-order valence-corrected chi connectivity index (χ3v) is 4.47. The van der Waals surface area contributed by atoms with Crippen LogP contribution in [0.4, 0.5) is 0 Å². The minimum atomic E-state index is -0.649. The van der Waals surface area contributed by atoms with Gasteiger partial charge in [-0.2, -0.15) is 0 Å². The zero-order valence-corrected chi connectivity index (χ0v) is 14.9. The van der Waals surface area contributed by atoms with Gasteiger partial charge in [0.1, 0.15) is 6.04 Å². The molecule has 134 valence electrons. The van der Waals surface area contributed by atoms with E-state index < -0.39 is 6.04 Å². The summed E-state index contributed by atoms with van der Waals surface area (Å²) >= 11 is 0. The van der Waals surface area contributed by atoms with Crippen LogP contribution in [0.25, 0.3) is 0 Å². The van der Waals surface area contributed by atoms with Gasteiger partial charge in [-0.1, -0.05) is 36.8 Å². The van der Waals surface area contributed by atoms with Gasteiger partial charge in [0.15, 0.2) is 0 Å². The number of carbonyl (C=O) groups excluding carboxylic acids is 2. The van der Waals surface area contributed by atoms with E-state index in [4.69, 9.17) is 10.5 Å². The number of nitrogens with one attached hydrogen (secondary N) is 1. The molecule has 0 saturated heterocycles. The van der Waals surface area contributed by atoms with Crippen LogP contribution in [0.3, 0.4) is 0 Å². The second-order valence-corrected chi connectivity index (χ2v) is 6.04. The number of esters is 1. The molecule has 1 aromatic rings. The lowest BCUT2D eigenvalue weighted by Gasteiger charge is -2.22. The molecule has 1 aliphatic rings. The molecule has 0 radical (unpaired) electrons. The molecule has 0 aliphatic heterocycles. The lowest BCUT2D eigenvalue weighted by Crippen LogP contribution is -2.47. The first-order valence-corrected chi connectivity index (χ1v) is 8.36. The summed E-state index contributed by atoms with van der Waals surface area (Å²) in [6.07, 6.45) is 3.28. The fourth-order valence-corrected chi connectivity index (χ4v) is 3.23. The summed E-state index contributed by atoms with van der Waals surface area (Å²) in [5.41, 5.74) is 6.75. The van der Waals surface area contributed by atoms with Crippen LogP contribution in [-0.2, 0) is 20.7 Å². The Balaban J connectivity index is 0.00000288. The number of benzene rings is 1. The van der Waals surface area contributed by atoms with Crippen LogP contribution in [0.2, 0.25) is 0 Å². The van der Waals surface area contributed by atoms with Gasteiger partial charge in [-0.05, 0) is 37.8 Å². The minimum absolute atomic E-state index is 0. The maximum absolute atomic E-state index is 12.5. The van der Waals surface area contributed by atoms with E-state index >= 15 is 0 Å². The Morgan fingerprint density at radius 2 is 2.00 bits per heavy atom. The average Bonchev–Trinajstić information content (AvgIpc) is 3.04. The van der Waals surface area contributed by atoms with Gasteiger partial charge in [-0.25, -0.2) is 4.79 Å². The molecule has 1 aliphatic carbocycles. The van der Waals surface area contributed by atoms with Gasteiger partial charge in [0.2, 0.25) is 5.91 Å². The van der Waals surface area contributed by atoms with E-state index in [0.29, 0.717) is 19.6 Å². The minimum Gasteiger partial charge on any atom is -0.464 e. The summed E-state index contributed by atoms with van der Waals surface area (Å²) in [6.45, 7) is 2.58. The molecule has 5 nitrogen and oxygen atoms in total. The Hall–Kier alpha value is -1.59. The molecule has 0 bridgehead atoms. The molecule has 3 N–H and O–H groups in total. The van der Waals surface area contributed by atoms with Crippen molar-refractivity contribution in [1.29, 1.82) is 0 Å². The predicted molar refractivity (Wildman–Crippen MR) is 95.8 cm³/mol. The third-order valence-electron chi connectivity index (χ3n) is 4.47. The molecule has 0 spiro atoms. The van der Waals surface area contributed by atoms with Gasteiger partial charge in [-0.15, -0.1) is 12.4 Å². The molecule has 1 unspecified atom stereocenters. The van der Waals surface area contributed by atoms with Crippen LogP contribution in [0.15, 0.2) is 30.3 Å². The lowest BCUT2D eigenvalue weighted by atomic mass is 9.94. The van der Waals surface area contributed by atoms with Crippen molar-refractivity contribution in [2.24, 2.45) is 17.6 Å². The zero-order chi connectivity index (χ0) is 16.7. The molecule has 0 aromatic heterocycles. The molecular formula is C18H27ClN2O3. The van der Waals surface area contributed by atoms with Gasteiger partial charge in [0.25, 0.3) is 0 Å². The number of hydrogen-bond donors (Lipinski definition) is 2. The van der Waals surface area contributed by atoms with E-state index in [9.17, 15) is 9.59 Å². The monoisotopic (exact) mass is 354 g/mol. The van der Waals surface area contributed by atoms with Crippen LogP contribution >= 0.6 is 12.4 Å². The molecule has 1 amide bonds. The summed E-state index contributed by atoms with van der Waals surface area (Å²) in [6, 6.07) is 8.99. The highest BCUT2D eigenvalue weighted by Crippen LogP contribution is 2.31. The molecule has 1 saturated carbocycles. The summed E-state index contributed by atoms with van der Waals surface area (Å²) in [5.74, 6) is -0.332. The Bertz CT molecular complexity index is 524. The van der Waals surface area contributed by atoms with Crippen molar-refractivity contribution in [3.8, 4) is 0 Å². The first-order valence-electron chi connectivity index (χ1n) is 8.36. The Morgan fingerprint density at radius 3 is 2.62 bits per heavy atom. The van der Waals surface area contributed by atoms with Crippen molar-refractivity contribution in [1.82, 2.24) is 5.32 Å². The largest absolute Gasteiger partial charge is 0.464 e. The molecule has 0 heterocycles. The van der Waals surface area contributed by atoms with Crippen molar-refractivity contribution in [2.45, 2.75) is 38.6 Å². The second-order valence-electron chi connectivity index (χ2n) is 6.04. The standard InChI is InChI=1S/C18H26N2O3.ClH/c1-2-23-18(22)16(11-13-7-4-3-5-8-13)20-17(21)15-10-6-9-14(15)12-19;/h3-5,7-8,14-16H,2,6,9-12,19H2,1H3,(H,20,21);1H/t14-,15-,16?;/m1./s1. The van der Waals surface area contributed by atoms with Crippen LogP contribution in [0.1, 0.15) is 31.7 Å². The molecule has 24 heavy (non-hydrogen) atoms. The highest BCUT2D eigenvalue weighted by atomic mass is 35.5. The van der Waals surface area contributed by atoms with Crippen LogP contribution in [-0.4, -0.2) is 31.1 Å². The molecule has 3 atom stereocenters. The smallest absolute Gasteiger partial charge is 0.328 e. The van der Waals surface area contributed by atoms with E-state index in [2.05, 4.69) is 5.32 Å². The molecule has 6 heteroatoms. The highest BCUT2D eigenvalue weighted by Gasteiger charge is 2.34. The van der Waals surface area contributed by atoms with Gasteiger partial charge in [0, 0.05) is 12.3 Å². The SMILES string of the molecule is CCOC(=O)C(Cc1ccccc1)NC(=O)[C@@H]1CCC[C@@H]1CN.Cl. The number of hydrogen-bond acceptors (Lipinski definition) is 4. The molecule has 1 fully saturated rings. The average molecular weight is 355 g/mol. The van der Waals surface area contributed by atoms with E-state index in [0.717, 1.165) is 24.8 Å². The van der Waals surface area contributed by atoms with Crippen molar-refractivity contribution in [2.75, 3.05) is 13.2 Å². The van der Waals surface area contributed by atoms with Crippen molar-refractivity contribution in [3.05, 3.63) is 35.9 Å². The zero-order valence-electron chi connectivity index (χ0n) is 14.1. The summed E-state index contributed by atoms with van der Waals surface area (Å²) in [5, 5.41) is 2.89. The topological polar surface area (TPSA) is 81.4 Å². The van der Waals surface area contributed by atoms with E-state index in [-0.39, 0.29) is 36.1 Å².